The number of rotatable bonds is 10. The van der Waals surface area contributed by atoms with Crippen molar-refractivity contribution >= 4 is 21.5 Å². The van der Waals surface area contributed by atoms with E-state index in [2.05, 4.69) is 28.5 Å². The predicted octanol–water partition coefficient (Wildman–Crippen LogP) is 3.53. The molecule has 0 atom stereocenters. The van der Waals surface area contributed by atoms with Gasteiger partial charge in [-0.15, -0.1) is 0 Å². The fraction of sp³-hybridized carbons (Fsp3) is 0.421. The Morgan fingerprint density at radius 2 is 1.67 bits per heavy atom. The van der Waals surface area contributed by atoms with Crippen molar-refractivity contribution in [3.05, 3.63) is 36.5 Å². The summed E-state index contributed by atoms with van der Waals surface area (Å²) in [7, 11) is -0.831. The molecule has 1 aromatic carbocycles. The van der Waals surface area contributed by atoms with E-state index >= 15 is 0 Å². The van der Waals surface area contributed by atoms with Crippen molar-refractivity contribution in [2.24, 2.45) is 0 Å². The summed E-state index contributed by atoms with van der Waals surface area (Å²) in [6.07, 6.45) is 3.76. The number of nitrogens with one attached hydrogen (secondary N) is 1. The maximum absolute atomic E-state index is 12.6. The molecule has 0 aliphatic rings. The maximum atomic E-state index is 12.6. The zero-order valence-corrected chi connectivity index (χ0v) is 17.0. The van der Waals surface area contributed by atoms with Crippen LogP contribution >= 0.6 is 0 Å². The number of aromatic nitrogens is 1. The lowest BCUT2D eigenvalue weighted by Gasteiger charge is -2.23. The van der Waals surface area contributed by atoms with E-state index in [9.17, 15) is 8.42 Å². The lowest BCUT2D eigenvalue weighted by atomic mass is 10.3. The molecule has 0 aliphatic carbocycles. The number of benzene rings is 1. The van der Waals surface area contributed by atoms with Crippen LogP contribution in [0.4, 0.5) is 11.5 Å². The van der Waals surface area contributed by atoms with E-state index < -0.39 is 10.0 Å². The SMILES string of the molecule is CCCN(CCC)c1ccc(NS(=O)(=O)c2ccc(OC)c(OC)c2)nc1. The van der Waals surface area contributed by atoms with Gasteiger partial charge in [0, 0.05) is 19.2 Å². The number of methoxy groups -OCH3 is 2. The van der Waals surface area contributed by atoms with Crippen LogP contribution in [0.15, 0.2) is 41.4 Å². The molecule has 8 heteroatoms. The molecule has 0 spiro atoms. The Labute approximate surface area is 161 Å². The summed E-state index contributed by atoms with van der Waals surface area (Å²) in [5.74, 6) is 1.07. The Bertz CT molecular complexity index is 833. The largest absolute Gasteiger partial charge is 0.493 e. The minimum Gasteiger partial charge on any atom is -0.493 e. The number of sulfonamides is 1. The fourth-order valence-corrected chi connectivity index (χ4v) is 3.75. The number of pyridine rings is 1. The Hall–Kier alpha value is -2.48. The van der Waals surface area contributed by atoms with Crippen LogP contribution < -0.4 is 19.1 Å². The second kappa shape index (κ2) is 9.45. The second-order valence-electron chi connectivity index (χ2n) is 6.01. The van der Waals surface area contributed by atoms with E-state index in [0.717, 1.165) is 31.6 Å². The third kappa shape index (κ3) is 5.26. The first-order valence-corrected chi connectivity index (χ1v) is 10.4. The van der Waals surface area contributed by atoms with Crippen LogP contribution in [0, 0.1) is 0 Å². The van der Waals surface area contributed by atoms with Crippen molar-refractivity contribution in [1.29, 1.82) is 0 Å². The van der Waals surface area contributed by atoms with Crippen molar-refractivity contribution in [3.63, 3.8) is 0 Å². The lowest BCUT2D eigenvalue weighted by molar-refractivity contribution is 0.354. The fourth-order valence-electron chi connectivity index (χ4n) is 2.72. The molecule has 1 aromatic heterocycles. The molecule has 1 heterocycles. The van der Waals surface area contributed by atoms with Crippen LogP contribution in [0.25, 0.3) is 0 Å². The lowest BCUT2D eigenvalue weighted by Crippen LogP contribution is -2.25. The van der Waals surface area contributed by atoms with E-state index in [0.29, 0.717) is 11.5 Å². The molecule has 0 bridgehead atoms. The third-order valence-electron chi connectivity index (χ3n) is 4.00. The zero-order valence-electron chi connectivity index (χ0n) is 16.2. The zero-order chi connectivity index (χ0) is 19.9. The molecule has 148 valence electrons. The second-order valence-corrected chi connectivity index (χ2v) is 7.69. The van der Waals surface area contributed by atoms with Crippen molar-refractivity contribution in [2.45, 2.75) is 31.6 Å². The van der Waals surface area contributed by atoms with Gasteiger partial charge >= 0.3 is 0 Å². The van der Waals surface area contributed by atoms with E-state index in [1.807, 2.05) is 6.07 Å². The van der Waals surface area contributed by atoms with Crippen molar-refractivity contribution in [2.75, 3.05) is 36.9 Å². The van der Waals surface area contributed by atoms with Crippen LogP contribution in [-0.2, 0) is 10.0 Å². The molecule has 1 N–H and O–H groups in total. The summed E-state index contributed by atoms with van der Waals surface area (Å²) in [5, 5.41) is 0. The van der Waals surface area contributed by atoms with Crippen LogP contribution in [-0.4, -0.2) is 40.7 Å². The standard InChI is InChI=1S/C19H27N3O4S/c1-5-11-22(12-6-2)15-7-10-19(20-14-15)21-27(23,24)16-8-9-17(25-3)18(13-16)26-4/h7-10,13-14H,5-6,11-12H2,1-4H3,(H,20,21). The van der Waals surface area contributed by atoms with Gasteiger partial charge in [-0.25, -0.2) is 13.4 Å². The number of nitrogens with zero attached hydrogens (tertiary/aromatic N) is 2. The molecule has 0 saturated heterocycles. The Kier molecular flexibility index (Phi) is 7.29. The van der Waals surface area contributed by atoms with Crippen LogP contribution in [0.2, 0.25) is 0 Å². The van der Waals surface area contributed by atoms with E-state index in [1.54, 1.807) is 18.3 Å². The van der Waals surface area contributed by atoms with Crippen LogP contribution in [0.1, 0.15) is 26.7 Å². The first-order valence-electron chi connectivity index (χ1n) is 8.91. The molecule has 0 aliphatic heterocycles. The predicted molar refractivity (Wildman–Crippen MR) is 107 cm³/mol. The van der Waals surface area contributed by atoms with Gasteiger partial charge in [-0.3, -0.25) is 4.72 Å². The summed E-state index contributed by atoms with van der Waals surface area (Å²) in [6, 6.07) is 7.98. The van der Waals surface area contributed by atoms with Gasteiger partial charge in [0.1, 0.15) is 5.82 Å². The van der Waals surface area contributed by atoms with Crippen LogP contribution in [0.5, 0.6) is 11.5 Å². The van der Waals surface area contributed by atoms with Gasteiger partial charge in [0.2, 0.25) is 0 Å². The number of hydrogen-bond acceptors (Lipinski definition) is 6. The average molecular weight is 394 g/mol. The minimum absolute atomic E-state index is 0.0737. The van der Waals surface area contributed by atoms with E-state index in [1.165, 1.54) is 26.4 Å². The van der Waals surface area contributed by atoms with Gasteiger partial charge in [-0.1, -0.05) is 13.8 Å². The molecule has 27 heavy (non-hydrogen) atoms. The normalized spacial score (nSPS) is 11.1. The first kappa shape index (κ1) is 20.8. The first-order chi connectivity index (χ1) is 12.9. The summed E-state index contributed by atoms with van der Waals surface area (Å²) >= 11 is 0. The topological polar surface area (TPSA) is 80.8 Å². The quantitative estimate of drug-likeness (QED) is 0.665. The number of hydrogen-bond donors (Lipinski definition) is 1. The minimum atomic E-state index is -3.79. The highest BCUT2D eigenvalue weighted by molar-refractivity contribution is 7.92. The van der Waals surface area contributed by atoms with Gasteiger partial charge < -0.3 is 14.4 Å². The van der Waals surface area contributed by atoms with Gasteiger partial charge in [-0.05, 0) is 37.1 Å². The maximum Gasteiger partial charge on any atom is 0.263 e. The van der Waals surface area contributed by atoms with Gasteiger partial charge in [0.15, 0.2) is 11.5 Å². The Morgan fingerprint density at radius 3 is 2.19 bits per heavy atom. The van der Waals surface area contributed by atoms with Crippen molar-refractivity contribution < 1.29 is 17.9 Å². The molecule has 0 amide bonds. The van der Waals surface area contributed by atoms with Crippen molar-refractivity contribution in [3.8, 4) is 11.5 Å². The van der Waals surface area contributed by atoms with Gasteiger partial charge in [0.05, 0.1) is 31.0 Å². The van der Waals surface area contributed by atoms with Crippen molar-refractivity contribution in [1.82, 2.24) is 4.98 Å². The Balaban J connectivity index is 2.20. The smallest absolute Gasteiger partial charge is 0.263 e. The average Bonchev–Trinajstić information content (AvgIpc) is 2.67. The molecule has 7 nitrogen and oxygen atoms in total. The molecule has 2 rings (SSSR count). The molecule has 0 saturated carbocycles. The molecule has 0 unspecified atom stereocenters. The third-order valence-corrected chi connectivity index (χ3v) is 5.36. The Morgan fingerprint density at radius 1 is 1.00 bits per heavy atom. The highest BCUT2D eigenvalue weighted by atomic mass is 32.2. The molecule has 0 radical (unpaired) electrons. The van der Waals surface area contributed by atoms with Gasteiger partial charge in [0.25, 0.3) is 10.0 Å². The summed E-state index contributed by atoms with van der Waals surface area (Å²) in [6.45, 7) is 6.13. The highest BCUT2D eigenvalue weighted by Crippen LogP contribution is 2.30. The molecular formula is C19H27N3O4S. The van der Waals surface area contributed by atoms with Gasteiger partial charge in [-0.2, -0.15) is 0 Å². The summed E-state index contributed by atoms with van der Waals surface area (Å²) in [4.78, 5) is 6.57. The van der Waals surface area contributed by atoms with E-state index in [4.69, 9.17) is 9.47 Å². The highest BCUT2D eigenvalue weighted by Gasteiger charge is 2.18. The number of anilines is 2. The molecule has 2 aromatic rings. The molecule has 0 fully saturated rings. The van der Waals surface area contributed by atoms with Crippen LogP contribution in [0.3, 0.4) is 0 Å². The summed E-state index contributed by atoms with van der Waals surface area (Å²) in [5.41, 5.74) is 0.979. The number of ether oxygens (including phenoxy) is 2. The monoisotopic (exact) mass is 393 g/mol. The van der Waals surface area contributed by atoms with E-state index in [-0.39, 0.29) is 10.7 Å². The molecular weight excluding hydrogens is 366 g/mol. The summed E-state index contributed by atoms with van der Waals surface area (Å²) < 4.78 is 38.1.